The van der Waals surface area contributed by atoms with E-state index in [2.05, 4.69) is 32.9 Å². The summed E-state index contributed by atoms with van der Waals surface area (Å²) < 4.78 is 20.1. The minimum Gasteiger partial charge on any atom is -0.496 e. The number of carbonyl (C=O) groups excluding carboxylic acids is 1. The average molecular weight is 582 g/mol. The first kappa shape index (κ1) is 29.6. The van der Waals surface area contributed by atoms with Crippen LogP contribution in [0.4, 0.5) is 15.8 Å². The van der Waals surface area contributed by atoms with Crippen LogP contribution in [0, 0.1) is 17.1 Å². The van der Waals surface area contributed by atoms with E-state index in [4.69, 9.17) is 10.5 Å². The van der Waals surface area contributed by atoms with Crippen molar-refractivity contribution in [1.29, 1.82) is 5.26 Å². The van der Waals surface area contributed by atoms with Gasteiger partial charge in [0, 0.05) is 36.7 Å². The van der Waals surface area contributed by atoms with Gasteiger partial charge in [0.1, 0.15) is 17.3 Å². The number of methoxy groups -OCH3 is 1. The number of nitrogens with one attached hydrogen (secondary N) is 1. The number of carbonyl (C=O) groups is 1. The zero-order valence-corrected chi connectivity index (χ0v) is 23.9. The average Bonchev–Trinajstić information content (AvgIpc) is 3.63. The fourth-order valence-electron chi connectivity index (χ4n) is 5.42. The Kier molecular flexibility index (Phi) is 8.34. The number of hydrogen-bond acceptors (Lipinski definition) is 8. The number of amidine groups is 1. The van der Waals surface area contributed by atoms with Gasteiger partial charge in [0.2, 0.25) is 0 Å². The number of aromatic nitrogens is 1. The Morgan fingerprint density at radius 2 is 2.14 bits per heavy atom. The van der Waals surface area contributed by atoms with Crippen molar-refractivity contribution in [1.82, 2.24) is 4.98 Å². The van der Waals surface area contributed by atoms with Crippen LogP contribution in [-0.4, -0.2) is 58.9 Å². The van der Waals surface area contributed by atoms with E-state index in [9.17, 15) is 19.6 Å². The molecule has 0 spiro atoms. The number of amides is 1. The normalized spacial score (nSPS) is 19.5. The molecule has 11 heteroatoms. The minimum atomic E-state index is -0.857. The highest BCUT2D eigenvalue weighted by molar-refractivity contribution is 6.44. The van der Waals surface area contributed by atoms with Gasteiger partial charge in [0.15, 0.2) is 5.84 Å². The molecule has 1 saturated heterocycles. The highest BCUT2D eigenvalue weighted by atomic mass is 19.1. The highest BCUT2D eigenvalue weighted by Crippen LogP contribution is 2.47. The number of nitriles is 1. The second-order valence-corrected chi connectivity index (χ2v) is 10.6. The summed E-state index contributed by atoms with van der Waals surface area (Å²) in [6, 6.07) is 13.1. The van der Waals surface area contributed by atoms with Crippen LogP contribution in [0.25, 0.3) is 11.1 Å². The lowest BCUT2D eigenvalue weighted by Crippen LogP contribution is -2.41. The van der Waals surface area contributed by atoms with E-state index < -0.39 is 17.3 Å². The van der Waals surface area contributed by atoms with Crippen molar-refractivity contribution < 1.29 is 19.0 Å². The van der Waals surface area contributed by atoms with Crippen molar-refractivity contribution in [3.05, 3.63) is 84.6 Å². The maximum Gasteiger partial charge on any atom is 0.269 e. The van der Waals surface area contributed by atoms with E-state index in [1.165, 1.54) is 32.4 Å². The van der Waals surface area contributed by atoms with Gasteiger partial charge in [-0.15, -0.1) is 0 Å². The number of pyridine rings is 1. The number of rotatable bonds is 8. The van der Waals surface area contributed by atoms with Gasteiger partial charge in [-0.05, 0) is 62.1 Å². The number of nitrogens with zero attached hydrogens (tertiary/aromatic N) is 5. The molecule has 10 nitrogen and oxygen atoms in total. The topological polar surface area (TPSA) is 149 Å². The van der Waals surface area contributed by atoms with Crippen molar-refractivity contribution in [2.24, 2.45) is 15.7 Å². The fourth-order valence-corrected chi connectivity index (χ4v) is 5.42. The van der Waals surface area contributed by atoms with Gasteiger partial charge in [0.25, 0.3) is 5.91 Å². The molecule has 1 amide bonds. The number of anilines is 2. The van der Waals surface area contributed by atoms with Crippen molar-refractivity contribution in [3.8, 4) is 22.9 Å². The van der Waals surface area contributed by atoms with Gasteiger partial charge in [-0.2, -0.15) is 5.26 Å². The lowest BCUT2D eigenvalue weighted by Gasteiger charge is -2.32. The first-order chi connectivity index (χ1) is 20.7. The number of ether oxygens (including phenoxy) is 1. The van der Waals surface area contributed by atoms with E-state index in [0.717, 1.165) is 5.56 Å². The third kappa shape index (κ3) is 6.02. The summed E-state index contributed by atoms with van der Waals surface area (Å²) in [6.07, 6.45) is 6.31. The number of halogens is 1. The second kappa shape index (κ2) is 12.1. The predicted molar refractivity (Wildman–Crippen MR) is 164 cm³/mol. The maximum absolute atomic E-state index is 14.8. The van der Waals surface area contributed by atoms with Crippen LogP contribution in [0.15, 0.2) is 77.6 Å². The Morgan fingerprint density at radius 1 is 1.35 bits per heavy atom. The lowest BCUT2D eigenvalue weighted by molar-refractivity contribution is -0.110. The smallest absolute Gasteiger partial charge is 0.269 e. The van der Waals surface area contributed by atoms with Crippen molar-refractivity contribution >= 4 is 28.8 Å². The van der Waals surface area contributed by atoms with Gasteiger partial charge in [-0.25, -0.2) is 14.4 Å². The summed E-state index contributed by atoms with van der Waals surface area (Å²) in [5, 5.41) is 23.7. The van der Waals surface area contributed by atoms with Crippen LogP contribution in [0.3, 0.4) is 0 Å². The quantitative estimate of drug-likeness (QED) is 0.267. The van der Waals surface area contributed by atoms with Crippen LogP contribution >= 0.6 is 0 Å². The molecule has 3 aromatic rings. The molecule has 1 aliphatic carbocycles. The molecule has 2 heterocycles. The van der Waals surface area contributed by atoms with E-state index in [1.807, 2.05) is 11.0 Å². The largest absolute Gasteiger partial charge is 0.496 e. The summed E-state index contributed by atoms with van der Waals surface area (Å²) in [4.78, 5) is 28.2. The fraction of sp³-hybridized carbons (Fsp3) is 0.281. The van der Waals surface area contributed by atoms with Crippen LogP contribution in [0.1, 0.15) is 37.3 Å². The molecule has 2 fully saturated rings. The first-order valence-electron chi connectivity index (χ1n) is 13.8. The molecule has 2 atom stereocenters. The van der Waals surface area contributed by atoms with Gasteiger partial charge in [-0.1, -0.05) is 18.7 Å². The second-order valence-electron chi connectivity index (χ2n) is 10.6. The van der Waals surface area contributed by atoms with E-state index in [0.29, 0.717) is 48.3 Å². The third-order valence-corrected chi connectivity index (χ3v) is 7.76. The zero-order valence-electron chi connectivity index (χ0n) is 23.9. The van der Waals surface area contributed by atoms with Crippen molar-refractivity contribution in [3.63, 3.8) is 0 Å². The molecule has 4 N–H and O–H groups in total. The molecule has 2 aliphatic rings. The number of aliphatic hydroxyl groups is 1. The highest BCUT2D eigenvalue weighted by Gasteiger charge is 2.53. The number of nitrogens with two attached hydrogens (primary N) is 1. The van der Waals surface area contributed by atoms with Crippen LogP contribution in [-0.2, 0) is 4.79 Å². The molecule has 1 saturated carbocycles. The van der Waals surface area contributed by atoms with Gasteiger partial charge in [0.05, 0.1) is 47.3 Å². The van der Waals surface area contributed by atoms with Gasteiger partial charge < -0.3 is 25.8 Å². The molecule has 220 valence electrons. The summed E-state index contributed by atoms with van der Waals surface area (Å²) in [5.41, 5.74) is 8.43. The standard InChI is InChI=1S/C32H32FN7O3/c1-4-37-30(29-24(33)6-5-7-27(29)43-3)38-19(2)31(41)39-25-9-8-20(23-17-36-13-10-21(23)16-34)14-26(25)40-18-22(35)15-28(40)32(42)11-12-32/h4-10,13-14,17,22,28,42H,1,11-12,15,18,35H2,2-3H3,(H,39,41)/t22-,28-/m0/s1. The molecule has 0 bridgehead atoms. The Labute approximate surface area is 249 Å². The molecule has 2 aromatic carbocycles. The van der Waals surface area contributed by atoms with E-state index in [1.54, 1.807) is 36.7 Å². The number of aliphatic imine (C=N–C) groups is 2. The third-order valence-electron chi connectivity index (χ3n) is 7.76. The molecule has 43 heavy (non-hydrogen) atoms. The molecule has 5 rings (SSSR count). The molecule has 0 unspecified atom stereocenters. The van der Waals surface area contributed by atoms with Crippen molar-refractivity contribution in [2.45, 2.75) is 43.9 Å². The first-order valence-corrected chi connectivity index (χ1v) is 13.8. The number of benzene rings is 2. The van der Waals surface area contributed by atoms with Crippen molar-refractivity contribution in [2.75, 3.05) is 23.9 Å². The van der Waals surface area contributed by atoms with Gasteiger partial charge >= 0.3 is 0 Å². The molecule has 1 aliphatic heterocycles. The predicted octanol–water partition coefficient (Wildman–Crippen LogP) is 4.19. The van der Waals surface area contributed by atoms with Crippen LogP contribution in [0.2, 0.25) is 0 Å². The Morgan fingerprint density at radius 3 is 2.84 bits per heavy atom. The van der Waals surface area contributed by atoms with E-state index in [-0.39, 0.29) is 34.9 Å². The molecule has 0 radical (unpaired) electrons. The Balaban J connectivity index is 1.54. The van der Waals surface area contributed by atoms with Gasteiger partial charge in [-0.3, -0.25) is 9.78 Å². The summed E-state index contributed by atoms with van der Waals surface area (Å²) in [7, 11) is 1.40. The molecular formula is C32H32FN7O3. The Hall–Kier alpha value is -4.92. The maximum atomic E-state index is 14.8. The summed E-state index contributed by atoms with van der Waals surface area (Å²) >= 11 is 0. The molecular weight excluding hydrogens is 549 g/mol. The van der Waals surface area contributed by atoms with Crippen LogP contribution < -0.4 is 20.7 Å². The minimum absolute atomic E-state index is 0.00145. The summed E-state index contributed by atoms with van der Waals surface area (Å²) in [6.45, 7) is 5.55. The Bertz CT molecular complexity index is 1680. The summed E-state index contributed by atoms with van der Waals surface area (Å²) in [5.74, 6) is -1.03. The van der Waals surface area contributed by atoms with E-state index >= 15 is 0 Å². The zero-order chi connectivity index (χ0) is 30.7. The lowest BCUT2D eigenvalue weighted by atomic mass is 10.00. The van der Waals surface area contributed by atoms with Crippen LogP contribution in [0.5, 0.6) is 5.75 Å². The number of hydrogen-bond donors (Lipinski definition) is 3. The molecule has 1 aromatic heterocycles. The SMILES string of the molecule is C=CN=C(N=C(C)C(=O)Nc1ccc(-c2cnccc2C#N)cc1N1C[C@@H](N)C[C@H]1C1(O)CC1)c1c(F)cccc1OC. The monoisotopic (exact) mass is 581 g/mol.